The average Bonchev–Trinajstić information content (AvgIpc) is 2.31. The maximum Gasteiger partial charge on any atom is 0.191 e. The molecule has 1 rings (SSSR count). The zero-order valence-electron chi connectivity index (χ0n) is 8.98. The van der Waals surface area contributed by atoms with Gasteiger partial charge in [-0.1, -0.05) is 43.3 Å². The van der Waals surface area contributed by atoms with E-state index in [0.29, 0.717) is 18.6 Å². The lowest BCUT2D eigenvalue weighted by molar-refractivity contribution is 0.0494. The summed E-state index contributed by atoms with van der Waals surface area (Å²) in [6.45, 7) is 5.92. The molecule has 0 saturated carbocycles. The van der Waals surface area contributed by atoms with E-state index >= 15 is 0 Å². The van der Waals surface area contributed by atoms with Gasteiger partial charge in [-0.3, -0.25) is 4.79 Å². The average molecular weight is 204 g/mol. The molecule has 0 fully saturated rings. The zero-order chi connectivity index (χ0) is 11.1. The fraction of sp³-hybridized carbons (Fsp3) is 0.308. The first-order valence-corrected chi connectivity index (χ1v) is 5.11. The van der Waals surface area contributed by atoms with Crippen LogP contribution < -0.4 is 0 Å². The molecule has 0 bridgehead atoms. The van der Waals surface area contributed by atoms with Crippen molar-refractivity contribution in [1.29, 1.82) is 0 Å². The number of ether oxygens (including phenoxy) is 1. The lowest BCUT2D eigenvalue weighted by Gasteiger charge is -2.13. The van der Waals surface area contributed by atoms with Gasteiger partial charge < -0.3 is 4.74 Å². The van der Waals surface area contributed by atoms with Gasteiger partial charge >= 0.3 is 0 Å². The largest absolute Gasteiger partial charge is 0.366 e. The van der Waals surface area contributed by atoms with Gasteiger partial charge in [-0.2, -0.15) is 0 Å². The minimum Gasteiger partial charge on any atom is -0.366 e. The highest BCUT2D eigenvalue weighted by Gasteiger charge is 2.17. The van der Waals surface area contributed by atoms with Gasteiger partial charge in [0.15, 0.2) is 5.78 Å². The van der Waals surface area contributed by atoms with Crippen molar-refractivity contribution in [3.63, 3.8) is 0 Å². The summed E-state index contributed by atoms with van der Waals surface area (Å²) in [4.78, 5) is 11.9. The first kappa shape index (κ1) is 11.7. The fourth-order valence-corrected chi connectivity index (χ4v) is 1.35. The van der Waals surface area contributed by atoms with Crippen molar-refractivity contribution in [3.8, 4) is 0 Å². The molecule has 0 aliphatic heterocycles. The Morgan fingerprint density at radius 2 is 2.13 bits per heavy atom. The third-order valence-electron chi connectivity index (χ3n) is 2.14. The summed E-state index contributed by atoms with van der Waals surface area (Å²) in [6, 6.07) is 9.22. The molecule has 0 saturated heterocycles. The van der Waals surface area contributed by atoms with Crippen molar-refractivity contribution in [3.05, 3.63) is 48.6 Å². The second-order valence-corrected chi connectivity index (χ2v) is 3.25. The van der Waals surface area contributed by atoms with Crippen molar-refractivity contribution < 1.29 is 9.53 Å². The Bertz CT molecular complexity index is 317. The fourth-order valence-electron chi connectivity index (χ4n) is 1.35. The topological polar surface area (TPSA) is 26.3 Å². The molecule has 0 N–H and O–H groups in total. The van der Waals surface area contributed by atoms with Crippen LogP contribution in [0.4, 0.5) is 0 Å². The molecule has 0 aliphatic carbocycles. The summed E-state index contributed by atoms with van der Waals surface area (Å²) in [5.74, 6) is 0.0416. The Morgan fingerprint density at radius 1 is 1.47 bits per heavy atom. The highest BCUT2D eigenvalue weighted by Crippen LogP contribution is 2.09. The summed E-state index contributed by atoms with van der Waals surface area (Å²) >= 11 is 0. The van der Waals surface area contributed by atoms with Gasteiger partial charge in [-0.15, -0.1) is 6.58 Å². The van der Waals surface area contributed by atoms with Crippen molar-refractivity contribution in [1.82, 2.24) is 0 Å². The van der Waals surface area contributed by atoms with Crippen molar-refractivity contribution in [2.24, 2.45) is 0 Å². The molecule has 0 aliphatic rings. The summed E-state index contributed by atoms with van der Waals surface area (Å²) < 4.78 is 5.39. The van der Waals surface area contributed by atoms with Crippen LogP contribution >= 0.6 is 0 Å². The maximum absolute atomic E-state index is 11.9. The van der Waals surface area contributed by atoms with Crippen LogP contribution in [0.2, 0.25) is 0 Å². The lowest BCUT2D eigenvalue weighted by atomic mass is 10.0. The summed E-state index contributed by atoms with van der Waals surface area (Å²) in [5.41, 5.74) is 0.702. The van der Waals surface area contributed by atoms with Crippen LogP contribution in [0.15, 0.2) is 43.0 Å². The lowest BCUT2D eigenvalue weighted by Crippen LogP contribution is -2.23. The van der Waals surface area contributed by atoms with Crippen LogP contribution in [0.25, 0.3) is 0 Å². The van der Waals surface area contributed by atoms with E-state index in [1.807, 2.05) is 37.3 Å². The van der Waals surface area contributed by atoms with Crippen LogP contribution in [-0.2, 0) is 4.74 Å². The number of carbonyl (C=O) groups excluding carboxylic acids is 1. The number of Topliss-reactive ketones (excluding diaryl/α,β-unsaturated/α-hetero) is 1. The van der Waals surface area contributed by atoms with Crippen LogP contribution in [0, 0.1) is 0 Å². The molecule has 1 aromatic carbocycles. The molecule has 15 heavy (non-hydrogen) atoms. The van der Waals surface area contributed by atoms with E-state index in [9.17, 15) is 4.79 Å². The van der Waals surface area contributed by atoms with E-state index in [1.165, 1.54) is 0 Å². The molecule has 0 spiro atoms. The Kier molecular flexibility index (Phi) is 4.78. The summed E-state index contributed by atoms with van der Waals surface area (Å²) in [5, 5.41) is 0. The maximum atomic E-state index is 11.9. The Labute approximate surface area is 90.6 Å². The predicted molar refractivity (Wildman–Crippen MR) is 61.0 cm³/mol. The van der Waals surface area contributed by atoms with E-state index in [0.717, 1.165) is 0 Å². The molecule has 0 amide bonds. The smallest absolute Gasteiger partial charge is 0.191 e. The molecule has 0 radical (unpaired) electrons. The van der Waals surface area contributed by atoms with Gasteiger partial charge in [0.25, 0.3) is 0 Å². The monoisotopic (exact) mass is 204 g/mol. The molecule has 0 aromatic heterocycles. The van der Waals surface area contributed by atoms with E-state index in [4.69, 9.17) is 4.74 Å². The minimum atomic E-state index is -0.356. The molecular formula is C13H16O2. The van der Waals surface area contributed by atoms with Gasteiger partial charge in [-0.25, -0.2) is 0 Å². The molecule has 2 heteroatoms. The molecule has 80 valence electrons. The number of rotatable bonds is 6. The second kappa shape index (κ2) is 6.14. The molecule has 1 aromatic rings. The second-order valence-electron chi connectivity index (χ2n) is 3.25. The van der Waals surface area contributed by atoms with E-state index in [2.05, 4.69) is 6.58 Å². The van der Waals surface area contributed by atoms with Gasteiger partial charge in [-0.05, 0) is 6.42 Å². The zero-order valence-corrected chi connectivity index (χ0v) is 8.98. The number of ketones is 1. The van der Waals surface area contributed by atoms with Gasteiger partial charge in [0, 0.05) is 5.56 Å². The highest BCUT2D eigenvalue weighted by molar-refractivity contribution is 5.99. The normalized spacial score (nSPS) is 12.1. The van der Waals surface area contributed by atoms with Gasteiger partial charge in [0.2, 0.25) is 0 Å². The van der Waals surface area contributed by atoms with Crippen LogP contribution in [0.5, 0.6) is 0 Å². The molecule has 0 heterocycles. The third-order valence-corrected chi connectivity index (χ3v) is 2.14. The van der Waals surface area contributed by atoms with Crippen LogP contribution in [-0.4, -0.2) is 18.5 Å². The summed E-state index contributed by atoms with van der Waals surface area (Å²) in [6.07, 6.45) is 1.98. The minimum absolute atomic E-state index is 0.0416. The summed E-state index contributed by atoms with van der Waals surface area (Å²) in [7, 11) is 0. The quantitative estimate of drug-likeness (QED) is 0.526. The van der Waals surface area contributed by atoms with Gasteiger partial charge in [0.1, 0.15) is 6.10 Å². The SMILES string of the molecule is C=CCOC(CC)C(=O)c1ccccc1. The van der Waals surface area contributed by atoms with Crippen LogP contribution in [0.3, 0.4) is 0 Å². The Balaban J connectivity index is 2.69. The van der Waals surface area contributed by atoms with Crippen LogP contribution in [0.1, 0.15) is 23.7 Å². The number of hydrogen-bond donors (Lipinski definition) is 0. The number of hydrogen-bond acceptors (Lipinski definition) is 2. The molecule has 1 unspecified atom stereocenters. The molecule has 2 nitrogen and oxygen atoms in total. The van der Waals surface area contributed by atoms with Crippen molar-refractivity contribution in [2.45, 2.75) is 19.4 Å². The first-order valence-electron chi connectivity index (χ1n) is 5.11. The van der Waals surface area contributed by atoms with E-state index in [1.54, 1.807) is 6.08 Å². The van der Waals surface area contributed by atoms with Crippen molar-refractivity contribution in [2.75, 3.05) is 6.61 Å². The van der Waals surface area contributed by atoms with E-state index in [-0.39, 0.29) is 11.9 Å². The standard InChI is InChI=1S/C13H16O2/c1-3-10-15-12(4-2)13(14)11-8-6-5-7-9-11/h3,5-9,12H,1,4,10H2,2H3. The number of carbonyl (C=O) groups is 1. The molecular weight excluding hydrogens is 188 g/mol. The number of benzene rings is 1. The third kappa shape index (κ3) is 3.33. The first-order chi connectivity index (χ1) is 7.29. The van der Waals surface area contributed by atoms with Gasteiger partial charge in [0.05, 0.1) is 6.61 Å². The Hall–Kier alpha value is -1.41. The predicted octanol–water partition coefficient (Wildman–Crippen LogP) is 2.85. The molecule has 1 atom stereocenters. The van der Waals surface area contributed by atoms with Crippen molar-refractivity contribution >= 4 is 5.78 Å². The van der Waals surface area contributed by atoms with E-state index < -0.39 is 0 Å². The highest BCUT2D eigenvalue weighted by atomic mass is 16.5. The Morgan fingerprint density at radius 3 is 2.67 bits per heavy atom.